The van der Waals surface area contributed by atoms with Gasteiger partial charge in [-0.05, 0) is 44.9 Å². The van der Waals surface area contributed by atoms with Crippen LogP contribution in [0.2, 0.25) is 0 Å². The van der Waals surface area contributed by atoms with Crippen LogP contribution in [-0.4, -0.2) is 12.0 Å². The fourth-order valence-electron chi connectivity index (χ4n) is 2.38. The smallest absolute Gasteiger partial charge is 0.261 e. The molecule has 0 radical (unpaired) electrons. The average Bonchev–Trinajstić information content (AvgIpc) is 2.55. The summed E-state index contributed by atoms with van der Waals surface area (Å²) in [5, 5.41) is 3.07. The maximum atomic E-state index is 12.4. The van der Waals surface area contributed by atoms with Crippen LogP contribution < -0.4 is 10.1 Å². The van der Waals surface area contributed by atoms with Gasteiger partial charge < -0.3 is 10.1 Å². The van der Waals surface area contributed by atoms with Gasteiger partial charge in [-0.3, -0.25) is 4.79 Å². The molecule has 0 bridgehead atoms. The van der Waals surface area contributed by atoms with Gasteiger partial charge in [-0.15, -0.1) is 0 Å². The second-order valence-corrected chi connectivity index (χ2v) is 5.95. The van der Waals surface area contributed by atoms with Crippen molar-refractivity contribution in [2.75, 3.05) is 0 Å². The second-order valence-electron chi connectivity index (χ2n) is 5.95. The largest absolute Gasteiger partial charge is 0.481 e. The first-order valence-corrected chi connectivity index (χ1v) is 8.10. The van der Waals surface area contributed by atoms with E-state index in [4.69, 9.17) is 4.74 Å². The van der Waals surface area contributed by atoms with Crippen molar-refractivity contribution in [2.24, 2.45) is 0 Å². The van der Waals surface area contributed by atoms with Crippen LogP contribution in [0.1, 0.15) is 43.0 Å². The van der Waals surface area contributed by atoms with Gasteiger partial charge in [0.2, 0.25) is 0 Å². The molecule has 2 unspecified atom stereocenters. The molecule has 3 nitrogen and oxygen atoms in total. The maximum Gasteiger partial charge on any atom is 0.261 e. The van der Waals surface area contributed by atoms with Gasteiger partial charge in [0.15, 0.2) is 6.10 Å². The first kappa shape index (κ1) is 17.1. The van der Waals surface area contributed by atoms with Crippen molar-refractivity contribution in [2.45, 2.75) is 46.3 Å². The second kappa shape index (κ2) is 7.82. The van der Waals surface area contributed by atoms with Gasteiger partial charge in [-0.1, -0.05) is 54.4 Å². The molecule has 2 aromatic rings. The van der Waals surface area contributed by atoms with Crippen LogP contribution >= 0.6 is 0 Å². The molecule has 2 rings (SSSR count). The predicted octanol–water partition coefficient (Wildman–Crippen LogP) is 4.34. The summed E-state index contributed by atoms with van der Waals surface area (Å²) < 4.78 is 5.72. The van der Waals surface area contributed by atoms with Crippen molar-refractivity contribution < 1.29 is 9.53 Å². The summed E-state index contributed by atoms with van der Waals surface area (Å²) in [5.41, 5.74) is 3.50. The minimum Gasteiger partial charge on any atom is -0.481 e. The molecular formula is C20H25NO2. The lowest BCUT2D eigenvalue weighted by Crippen LogP contribution is -2.38. The molecule has 0 saturated heterocycles. The van der Waals surface area contributed by atoms with Crippen LogP contribution in [0.5, 0.6) is 5.75 Å². The van der Waals surface area contributed by atoms with E-state index in [9.17, 15) is 4.79 Å². The molecule has 0 aliphatic heterocycles. The quantitative estimate of drug-likeness (QED) is 0.862. The zero-order valence-corrected chi connectivity index (χ0v) is 14.3. The lowest BCUT2D eigenvalue weighted by Gasteiger charge is -2.21. The summed E-state index contributed by atoms with van der Waals surface area (Å²) in [7, 11) is 0. The summed E-state index contributed by atoms with van der Waals surface area (Å²) in [6.07, 6.45) is 0.309. The average molecular weight is 311 g/mol. The molecule has 0 aromatic heterocycles. The van der Waals surface area contributed by atoms with E-state index in [-0.39, 0.29) is 11.9 Å². The molecular weight excluding hydrogens is 286 g/mol. The van der Waals surface area contributed by atoms with E-state index in [0.29, 0.717) is 5.75 Å². The number of benzene rings is 2. The number of aryl methyl sites for hydroxylation is 2. The molecule has 1 N–H and O–H groups in total. The molecule has 0 aliphatic carbocycles. The van der Waals surface area contributed by atoms with Crippen molar-refractivity contribution in [1.82, 2.24) is 5.32 Å². The van der Waals surface area contributed by atoms with Crippen molar-refractivity contribution in [3.63, 3.8) is 0 Å². The van der Waals surface area contributed by atoms with E-state index in [2.05, 4.69) is 43.4 Å². The highest BCUT2D eigenvalue weighted by Gasteiger charge is 2.19. The number of nitrogens with one attached hydrogen (secondary N) is 1. The van der Waals surface area contributed by atoms with Gasteiger partial charge in [0.1, 0.15) is 5.75 Å². The molecule has 0 heterocycles. The lowest BCUT2D eigenvalue weighted by atomic mass is 10.0. The van der Waals surface area contributed by atoms with Gasteiger partial charge in [0.05, 0.1) is 6.04 Å². The molecule has 122 valence electrons. The highest BCUT2D eigenvalue weighted by atomic mass is 16.5. The monoisotopic (exact) mass is 311 g/mol. The third-order valence-electron chi connectivity index (χ3n) is 3.91. The Morgan fingerprint density at radius 1 is 1.00 bits per heavy atom. The van der Waals surface area contributed by atoms with Gasteiger partial charge in [0.25, 0.3) is 5.91 Å². The molecule has 2 atom stereocenters. The number of amides is 1. The zero-order chi connectivity index (χ0) is 16.8. The van der Waals surface area contributed by atoms with Crippen LogP contribution in [0.3, 0.4) is 0 Å². The summed E-state index contributed by atoms with van der Waals surface area (Å²) in [6, 6.07) is 16.0. The van der Waals surface area contributed by atoms with Crippen LogP contribution in [0.25, 0.3) is 0 Å². The first-order valence-electron chi connectivity index (χ1n) is 8.10. The number of hydrogen-bond acceptors (Lipinski definition) is 2. The van der Waals surface area contributed by atoms with Crippen LogP contribution in [0.15, 0.2) is 48.5 Å². The van der Waals surface area contributed by atoms with Gasteiger partial charge >= 0.3 is 0 Å². The van der Waals surface area contributed by atoms with E-state index in [1.165, 1.54) is 11.1 Å². The van der Waals surface area contributed by atoms with Crippen LogP contribution in [0.4, 0.5) is 0 Å². The minimum absolute atomic E-state index is 0.00664. The van der Waals surface area contributed by atoms with E-state index < -0.39 is 6.10 Å². The Hall–Kier alpha value is -2.29. The Balaban J connectivity index is 1.98. The fourth-order valence-corrected chi connectivity index (χ4v) is 2.38. The molecule has 2 aromatic carbocycles. The van der Waals surface area contributed by atoms with E-state index in [1.807, 2.05) is 31.2 Å². The Morgan fingerprint density at radius 3 is 2.04 bits per heavy atom. The highest BCUT2D eigenvalue weighted by Crippen LogP contribution is 2.18. The molecule has 23 heavy (non-hydrogen) atoms. The molecule has 1 amide bonds. The number of carbonyl (C=O) groups excluding carboxylic acids is 1. The van der Waals surface area contributed by atoms with Crippen molar-refractivity contribution >= 4 is 5.91 Å². The fraction of sp³-hybridized carbons (Fsp3) is 0.350. The Labute approximate surface area is 138 Å². The SMILES string of the molecule is CCC(NC(=O)C(C)Oc1ccc(C)cc1)c1ccc(C)cc1. The lowest BCUT2D eigenvalue weighted by molar-refractivity contribution is -0.128. The number of hydrogen-bond donors (Lipinski definition) is 1. The van der Waals surface area contributed by atoms with E-state index in [1.54, 1.807) is 6.92 Å². The van der Waals surface area contributed by atoms with Crippen LogP contribution in [-0.2, 0) is 4.79 Å². The topological polar surface area (TPSA) is 38.3 Å². The molecule has 0 saturated carbocycles. The minimum atomic E-state index is -0.530. The maximum absolute atomic E-state index is 12.4. The standard InChI is InChI=1S/C20H25NO2/c1-5-19(17-10-6-14(2)7-11-17)21-20(22)16(4)23-18-12-8-15(3)9-13-18/h6-13,16,19H,5H2,1-4H3,(H,21,22). The summed E-state index contributed by atoms with van der Waals surface area (Å²) >= 11 is 0. The third-order valence-corrected chi connectivity index (χ3v) is 3.91. The van der Waals surface area contributed by atoms with Gasteiger partial charge in [-0.25, -0.2) is 0 Å². The highest BCUT2D eigenvalue weighted by molar-refractivity contribution is 5.81. The predicted molar refractivity (Wildman–Crippen MR) is 93.6 cm³/mol. The third kappa shape index (κ3) is 4.85. The van der Waals surface area contributed by atoms with E-state index in [0.717, 1.165) is 12.0 Å². The Bertz CT molecular complexity index is 632. The van der Waals surface area contributed by atoms with Gasteiger partial charge in [-0.2, -0.15) is 0 Å². The van der Waals surface area contributed by atoms with Crippen molar-refractivity contribution in [3.8, 4) is 5.75 Å². The van der Waals surface area contributed by atoms with Gasteiger partial charge in [0, 0.05) is 0 Å². The van der Waals surface area contributed by atoms with Crippen molar-refractivity contribution in [1.29, 1.82) is 0 Å². The number of ether oxygens (including phenoxy) is 1. The summed E-state index contributed by atoms with van der Waals surface area (Å²) in [4.78, 5) is 12.4. The number of carbonyl (C=O) groups is 1. The molecule has 0 aliphatic rings. The van der Waals surface area contributed by atoms with E-state index >= 15 is 0 Å². The Morgan fingerprint density at radius 2 is 1.52 bits per heavy atom. The summed E-state index contributed by atoms with van der Waals surface area (Å²) in [6.45, 7) is 7.92. The van der Waals surface area contributed by atoms with Crippen molar-refractivity contribution in [3.05, 3.63) is 65.2 Å². The number of rotatable bonds is 6. The zero-order valence-electron chi connectivity index (χ0n) is 14.3. The molecule has 3 heteroatoms. The summed E-state index contributed by atoms with van der Waals surface area (Å²) in [5.74, 6) is 0.611. The molecule has 0 spiro atoms. The molecule has 0 fully saturated rings. The Kier molecular flexibility index (Phi) is 5.80. The normalized spacial score (nSPS) is 13.2. The van der Waals surface area contributed by atoms with Crippen LogP contribution in [0, 0.1) is 13.8 Å². The first-order chi connectivity index (χ1) is 11.0.